The predicted octanol–water partition coefficient (Wildman–Crippen LogP) is 2.14. The van der Waals surface area contributed by atoms with E-state index < -0.39 is 5.97 Å². The summed E-state index contributed by atoms with van der Waals surface area (Å²) in [5, 5.41) is 1.87. The number of rotatable bonds is 2. The molecule has 0 aromatic heterocycles. The van der Waals surface area contributed by atoms with Crippen molar-refractivity contribution in [3.8, 4) is 11.5 Å². The van der Waals surface area contributed by atoms with Gasteiger partial charge in [0.2, 0.25) is 0 Å². The number of carbonyl (C=O) groups is 1. The van der Waals surface area contributed by atoms with Crippen LogP contribution < -0.4 is 20.6 Å². The highest BCUT2D eigenvalue weighted by Gasteiger charge is 2.24. The van der Waals surface area contributed by atoms with Crippen molar-refractivity contribution in [2.75, 3.05) is 0 Å². The number of hydrogen-bond acceptors (Lipinski definition) is 3. The van der Waals surface area contributed by atoms with E-state index in [1.165, 1.54) is 0 Å². The molecule has 5 heteroatoms. The SMILES string of the molecule is Bc1ccc2c(c1)Oc1cc(=CC)ccc1=C2c1ccccc1C(=O)OF. The quantitative estimate of drug-likeness (QED) is 0.515. The van der Waals surface area contributed by atoms with Gasteiger partial charge in [-0.2, -0.15) is 0 Å². The lowest BCUT2D eigenvalue weighted by atomic mass is 9.87. The molecule has 0 amide bonds. The summed E-state index contributed by atoms with van der Waals surface area (Å²) in [4.78, 5) is 15.5. The molecule has 3 aromatic carbocycles. The molecule has 0 aliphatic carbocycles. The Morgan fingerprint density at radius 3 is 2.63 bits per heavy atom. The molecule has 0 radical (unpaired) electrons. The standard InChI is InChI=1S/C22H16BFO3/c1-2-13-7-9-17-19(11-13)26-20-12-14(23)8-10-18(20)21(17)15-5-3-4-6-16(15)22(25)27-24/h2-12H,23H2,1H3. The molecule has 3 nitrogen and oxygen atoms in total. The van der Waals surface area contributed by atoms with E-state index in [1.54, 1.807) is 18.2 Å². The molecule has 0 N–H and O–H groups in total. The first-order valence-electron chi connectivity index (χ1n) is 8.64. The zero-order valence-corrected chi connectivity index (χ0v) is 15.0. The monoisotopic (exact) mass is 358 g/mol. The zero-order chi connectivity index (χ0) is 19.0. The zero-order valence-electron chi connectivity index (χ0n) is 15.0. The molecule has 0 saturated carbocycles. The second-order valence-electron chi connectivity index (χ2n) is 6.43. The van der Waals surface area contributed by atoms with Crippen molar-refractivity contribution in [1.29, 1.82) is 0 Å². The Morgan fingerprint density at radius 1 is 1.04 bits per heavy atom. The van der Waals surface area contributed by atoms with Crippen LogP contribution in [0.2, 0.25) is 0 Å². The lowest BCUT2D eigenvalue weighted by Crippen LogP contribution is -2.22. The van der Waals surface area contributed by atoms with E-state index in [1.807, 2.05) is 63.3 Å². The predicted molar refractivity (Wildman–Crippen MR) is 105 cm³/mol. The number of fused-ring (bicyclic) bond motifs is 2. The molecule has 0 bridgehead atoms. The highest BCUT2D eigenvalue weighted by Crippen LogP contribution is 2.36. The molecule has 1 aliphatic heterocycles. The Labute approximate surface area is 156 Å². The fourth-order valence-electron chi connectivity index (χ4n) is 3.40. The van der Waals surface area contributed by atoms with Crippen LogP contribution >= 0.6 is 0 Å². The Morgan fingerprint density at radius 2 is 1.85 bits per heavy atom. The molecule has 0 saturated heterocycles. The van der Waals surface area contributed by atoms with Crippen LogP contribution in [0.1, 0.15) is 28.4 Å². The molecule has 1 heterocycles. The maximum absolute atomic E-state index is 12.7. The number of benzene rings is 3. The van der Waals surface area contributed by atoms with Gasteiger partial charge in [0, 0.05) is 20.9 Å². The highest BCUT2D eigenvalue weighted by molar-refractivity contribution is 6.32. The van der Waals surface area contributed by atoms with Crippen molar-refractivity contribution in [2.45, 2.75) is 6.92 Å². The van der Waals surface area contributed by atoms with E-state index in [-0.39, 0.29) is 5.56 Å². The largest absolute Gasteiger partial charge is 0.456 e. The third-order valence-corrected chi connectivity index (χ3v) is 4.72. The van der Waals surface area contributed by atoms with E-state index in [0.29, 0.717) is 17.1 Å². The molecule has 1 aliphatic rings. The molecule has 0 unspecified atom stereocenters. The first-order valence-corrected chi connectivity index (χ1v) is 8.64. The van der Waals surface area contributed by atoms with Crippen LogP contribution in [0.4, 0.5) is 4.53 Å². The fourth-order valence-corrected chi connectivity index (χ4v) is 3.40. The van der Waals surface area contributed by atoms with Gasteiger partial charge >= 0.3 is 5.97 Å². The normalized spacial score (nSPS) is 12.8. The lowest BCUT2D eigenvalue weighted by molar-refractivity contribution is -0.0788. The Bertz CT molecular complexity index is 1180. The summed E-state index contributed by atoms with van der Waals surface area (Å²) >= 11 is 0. The van der Waals surface area contributed by atoms with Crippen molar-refractivity contribution in [2.24, 2.45) is 0 Å². The van der Waals surface area contributed by atoms with Crippen molar-refractivity contribution in [3.05, 3.63) is 87.8 Å². The van der Waals surface area contributed by atoms with Crippen molar-refractivity contribution in [3.63, 3.8) is 0 Å². The van der Waals surface area contributed by atoms with E-state index >= 15 is 0 Å². The first-order chi connectivity index (χ1) is 13.1. The average molecular weight is 358 g/mol. The van der Waals surface area contributed by atoms with Gasteiger partial charge < -0.3 is 4.74 Å². The van der Waals surface area contributed by atoms with E-state index in [4.69, 9.17) is 4.74 Å². The van der Waals surface area contributed by atoms with Gasteiger partial charge in [-0.25, -0.2) is 9.74 Å². The molecule has 0 atom stereocenters. The minimum atomic E-state index is -1.02. The van der Waals surface area contributed by atoms with Gasteiger partial charge in [-0.3, -0.25) is 0 Å². The van der Waals surface area contributed by atoms with Gasteiger partial charge in [-0.1, -0.05) is 47.9 Å². The molecule has 27 heavy (non-hydrogen) atoms. The van der Waals surface area contributed by atoms with E-state index in [9.17, 15) is 9.32 Å². The van der Waals surface area contributed by atoms with Crippen LogP contribution in [0, 0.1) is 0 Å². The number of halogens is 1. The maximum atomic E-state index is 12.7. The minimum absolute atomic E-state index is 0.167. The minimum Gasteiger partial charge on any atom is -0.456 e. The van der Waals surface area contributed by atoms with Crippen LogP contribution in [0.25, 0.3) is 11.6 Å². The van der Waals surface area contributed by atoms with Crippen molar-refractivity contribution in [1.82, 2.24) is 0 Å². The summed E-state index contributed by atoms with van der Waals surface area (Å²) < 4.78 is 18.8. The summed E-state index contributed by atoms with van der Waals surface area (Å²) in [6.07, 6.45) is 1.99. The Hall–Kier alpha value is -3.34. The van der Waals surface area contributed by atoms with Crippen LogP contribution in [-0.4, -0.2) is 13.8 Å². The van der Waals surface area contributed by atoms with Crippen LogP contribution in [0.3, 0.4) is 0 Å². The van der Waals surface area contributed by atoms with Gasteiger partial charge in [0.1, 0.15) is 19.3 Å². The van der Waals surface area contributed by atoms with Gasteiger partial charge in [0.05, 0.1) is 5.56 Å². The summed E-state index contributed by atoms with van der Waals surface area (Å²) in [5.41, 5.74) is 3.49. The lowest BCUT2D eigenvalue weighted by Gasteiger charge is -2.22. The molecule has 0 spiro atoms. The number of carbonyl (C=O) groups excluding carboxylic acids is 1. The van der Waals surface area contributed by atoms with Crippen LogP contribution in [-0.2, 0) is 4.94 Å². The first kappa shape index (κ1) is 17.1. The third-order valence-electron chi connectivity index (χ3n) is 4.72. The third kappa shape index (κ3) is 2.91. The molecular weight excluding hydrogens is 342 g/mol. The van der Waals surface area contributed by atoms with Gasteiger partial charge in [-0.05, 0) is 42.0 Å². The van der Waals surface area contributed by atoms with Gasteiger partial charge in [-0.15, -0.1) is 0 Å². The second-order valence-corrected chi connectivity index (χ2v) is 6.43. The Balaban J connectivity index is 2.13. The molecular formula is C22H16BFO3. The van der Waals surface area contributed by atoms with E-state index in [2.05, 4.69) is 4.94 Å². The average Bonchev–Trinajstić information content (AvgIpc) is 2.70. The van der Waals surface area contributed by atoms with Gasteiger partial charge in [0.15, 0.2) is 0 Å². The van der Waals surface area contributed by atoms with Crippen LogP contribution in [0.15, 0.2) is 60.7 Å². The molecule has 3 aromatic rings. The van der Waals surface area contributed by atoms with Gasteiger partial charge in [0.25, 0.3) is 0 Å². The number of ether oxygens (including phenoxy) is 1. The topological polar surface area (TPSA) is 35.5 Å². The maximum Gasteiger partial charge on any atom is 0.380 e. The van der Waals surface area contributed by atoms with Crippen molar-refractivity contribution < 1.29 is 19.0 Å². The Kier molecular flexibility index (Phi) is 4.28. The summed E-state index contributed by atoms with van der Waals surface area (Å²) in [7, 11) is 1.99. The summed E-state index contributed by atoms with van der Waals surface area (Å²) in [6.45, 7) is 1.96. The van der Waals surface area contributed by atoms with E-state index in [0.717, 1.165) is 27.0 Å². The summed E-state index contributed by atoms with van der Waals surface area (Å²) in [5.74, 6) is 0.384. The fraction of sp³-hybridized carbons (Fsp3) is 0.0455. The van der Waals surface area contributed by atoms with Crippen LogP contribution in [0.5, 0.6) is 11.5 Å². The summed E-state index contributed by atoms with van der Waals surface area (Å²) in [6, 6.07) is 18.6. The molecule has 4 rings (SSSR count). The number of hydrogen-bond donors (Lipinski definition) is 0. The second kappa shape index (κ2) is 6.76. The highest BCUT2D eigenvalue weighted by atomic mass is 19.3. The van der Waals surface area contributed by atoms with Crippen molar-refractivity contribution >= 4 is 30.9 Å². The molecule has 132 valence electrons. The smallest absolute Gasteiger partial charge is 0.380 e. The molecule has 0 fully saturated rings.